The Hall–Kier alpha value is -2.58. The summed E-state index contributed by atoms with van der Waals surface area (Å²) in [6.45, 7) is 0.489. The standard InChI is InChI=1S/C20H16ClNO/c21-18-11-9-17(15-23-20-7-2-1-3-8-20)16(14-18)10-12-19-6-4-5-13-22-19/h1-14H,15H2/b12-10+. The molecule has 2 nitrogen and oxygen atoms in total. The second kappa shape index (κ2) is 7.61. The Morgan fingerprint density at radius 3 is 2.52 bits per heavy atom. The maximum absolute atomic E-state index is 6.13. The summed E-state index contributed by atoms with van der Waals surface area (Å²) in [5, 5.41) is 0.703. The van der Waals surface area contributed by atoms with Crippen LogP contribution in [0.5, 0.6) is 5.75 Å². The summed E-state index contributed by atoms with van der Waals surface area (Å²) in [6, 6.07) is 21.4. The van der Waals surface area contributed by atoms with Crippen LogP contribution in [-0.2, 0) is 6.61 Å². The van der Waals surface area contributed by atoms with Crippen molar-refractivity contribution in [1.82, 2.24) is 4.98 Å². The van der Waals surface area contributed by atoms with Gasteiger partial charge in [0.2, 0.25) is 0 Å². The molecule has 3 aromatic rings. The molecule has 0 amide bonds. The van der Waals surface area contributed by atoms with Crippen LogP contribution in [0.25, 0.3) is 12.2 Å². The van der Waals surface area contributed by atoms with Crippen LogP contribution in [0.1, 0.15) is 16.8 Å². The van der Waals surface area contributed by atoms with Gasteiger partial charge in [-0.25, -0.2) is 0 Å². The molecule has 1 heterocycles. The van der Waals surface area contributed by atoms with Crippen LogP contribution in [-0.4, -0.2) is 4.98 Å². The molecule has 0 atom stereocenters. The average molecular weight is 322 g/mol. The molecule has 0 radical (unpaired) electrons. The van der Waals surface area contributed by atoms with Gasteiger partial charge in [0.15, 0.2) is 0 Å². The summed E-state index contributed by atoms with van der Waals surface area (Å²) < 4.78 is 5.83. The van der Waals surface area contributed by atoms with Gasteiger partial charge in [0.25, 0.3) is 0 Å². The number of hydrogen-bond donors (Lipinski definition) is 0. The van der Waals surface area contributed by atoms with Crippen LogP contribution in [0.3, 0.4) is 0 Å². The van der Waals surface area contributed by atoms with Gasteiger partial charge in [0, 0.05) is 11.2 Å². The van der Waals surface area contributed by atoms with Crippen molar-refractivity contribution in [2.24, 2.45) is 0 Å². The molecule has 1 aromatic heterocycles. The number of rotatable bonds is 5. The van der Waals surface area contributed by atoms with E-state index in [1.54, 1.807) is 6.20 Å². The Bertz CT molecular complexity index is 785. The zero-order valence-electron chi connectivity index (χ0n) is 12.5. The number of aromatic nitrogens is 1. The normalized spacial score (nSPS) is 10.8. The van der Waals surface area contributed by atoms with Crippen molar-refractivity contribution in [2.75, 3.05) is 0 Å². The van der Waals surface area contributed by atoms with Gasteiger partial charge in [-0.2, -0.15) is 0 Å². The lowest BCUT2D eigenvalue weighted by molar-refractivity contribution is 0.306. The third kappa shape index (κ3) is 4.44. The van der Waals surface area contributed by atoms with E-state index in [-0.39, 0.29) is 0 Å². The number of benzene rings is 2. The molecule has 0 saturated carbocycles. The van der Waals surface area contributed by atoms with E-state index in [9.17, 15) is 0 Å². The minimum absolute atomic E-state index is 0.489. The Labute approximate surface area is 141 Å². The predicted octanol–water partition coefficient (Wildman–Crippen LogP) is 5.48. The maximum atomic E-state index is 6.13. The Kier molecular flexibility index (Phi) is 5.07. The zero-order valence-corrected chi connectivity index (χ0v) is 13.3. The topological polar surface area (TPSA) is 22.1 Å². The molecule has 0 aliphatic rings. The molecule has 114 valence electrons. The molecule has 0 aliphatic carbocycles. The highest BCUT2D eigenvalue weighted by atomic mass is 35.5. The summed E-state index contributed by atoms with van der Waals surface area (Å²) >= 11 is 6.13. The first-order valence-corrected chi connectivity index (χ1v) is 7.74. The van der Waals surface area contributed by atoms with Gasteiger partial charge < -0.3 is 4.74 Å². The molecule has 3 heteroatoms. The molecule has 0 spiro atoms. The minimum Gasteiger partial charge on any atom is -0.489 e. The fraction of sp³-hybridized carbons (Fsp3) is 0.0500. The highest BCUT2D eigenvalue weighted by molar-refractivity contribution is 6.30. The van der Waals surface area contributed by atoms with E-state index < -0.39 is 0 Å². The monoisotopic (exact) mass is 321 g/mol. The average Bonchev–Trinajstić information content (AvgIpc) is 2.61. The third-order valence-corrected chi connectivity index (χ3v) is 3.60. The highest BCUT2D eigenvalue weighted by Gasteiger charge is 2.03. The molecule has 23 heavy (non-hydrogen) atoms. The second-order valence-corrected chi connectivity index (χ2v) is 5.47. The van der Waals surface area contributed by atoms with Gasteiger partial charge in [0.05, 0.1) is 5.69 Å². The number of pyridine rings is 1. The van der Waals surface area contributed by atoms with E-state index in [0.29, 0.717) is 11.6 Å². The van der Waals surface area contributed by atoms with Crippen LogP contribution in [0.15, 0.2) is 72.9 Å². The van der Waals surface area contributed by atoms with Crippen molar-refractivity contribution in [3.05, 3.63) is 94.8 Å². The molecular weight excluding hydrogens is 306 g/mol. The lowest BCUT2D eigenvalue weighted by Gasteiger charge is -2.09. The minimum atomic E-state index is 0.489. The molecule has 0 fully saturated rings. The van der Waals surface area contributed by atoms with Gasteiger partial charge in [-0.15, -0.1) is 0 Å². The van der Waals surface area contributed by atoms with Gasteiger partial charge >= 0.3 is 0 Å². The molecule has 0 unspecified atom stereocenters. The van der Waals surface area contributed by atoms with Crippen LogP contribution in [0, 0.1) is 0 Å². The summed E-state index contributed by atoms with van der Waals surface area (Å²) in [4.78, 5) is 4.29. The smallest absolute Gasteiger partial charge is 0.119 e. The third-order valence-electron chi connectivity index (χ3n) is 3.37. The first kappa shape index (κ1) is 15.3. The fourth-order valence-corrected chi connectivity index (χ4v) is 2.36. The van der Waals surface area contributed by atoms with E-state index in [4.69, 9.17) is 16.3 Å². The fourth-order valence-electron chi connectivity index (χ4n) is 2.18. The van der Waals surface area contributed by atoms with E-state index >= 15 is 0 Å². The lowest BCUT2D eigenvalue weighted by atomic mass is 10.1. The van der Waals surface area contributed by atoms with Crippen molar-refractivity contribution < 1.29 is 4.74 Å². The predicted molar refractivity (Wildman–Crippen MR) is 95.4 cm³/mol. The van der Waals surface area contributed by atoms with Crippen LogP contribution in [0.4, 0.5) is 0 Å². The molecule has 0 bridgehead atoms. The van der Waals surface area contributed by atoms with Gasteiger partial charge in [-0.05, 0) is 53.6 Å². The Morgan fingerprint density at radius 1 is 0.913 bits per heavy atom. The van der Waals surface area contributed by atoms with Crippen LogP contribution in [0.2, 0.25) is 5.02 Å². The number of hydrogen-bond acceptors (Lipinski definition) is 2. The van der Waals surface area contributed by atoms with E-state index in [2.05, 4.69) is 4.98 Å². The molecule has 3 rings (SSSR count). The summed E-state index contributed by atoms with van der Waals surface area (Å²) in [5.74, 6) is 0.849. The van der Waals surface area contributed by atoms with E-state index in [0.717, 1.165) is 22.6 Å². The Morgan fingerprint density at radius 2 is 1.74 bits per heavy atom. The summed E-state index contributed by atoms with van der Waals surface area (Å²) in [7, 11) is 0. The van der Waals surface area contributed by atoms with Gasteiger partial charge in [0.1, 0.15) is 12.4 Å². The first-order chi connectivity index (χ1) is 11.3. The zero-order chi connectivity index (χ0) is 15.9. The van der Waals surface area contributed by atoms with Crippen molar-refractivity contribution >= 4 is 23.8 Å². The summed E-state index contributed by atoms with van der Waals surface area (Å²) in [5.41, 5.74) is 3.01. The van der Waals surface area contributed by atoms with Gasteiger partial charge in [-0.1, -0.05) is 48.0 Å². The largest absolute Gasteiger partial charge is 0.489 e. The van der Waals surface area contributed by atoms with Crippen LogP contribution < -0.4 is 4.74 Å². The lowest BCUT2D eigenvalue weighted by Crippen LogP contribution is -1.97. The number of para-hydroxylation sites is 1. The van der Waals surface area contributed by atoms with E-state index in [1.165, 1.54) is 0 Å². The van der Waals surface area contributed by atoms with Crippen molar-refractivity contribution in [2.45, 2.75) is 6.61 Å². The van der Waals surface area contributed by atoms with Crippen molar-refractivity contribution in [3.8, 4) is 5.75 Å². The SMILES string of the molecule is Clc1ccc(COc2ccccc2)c(/C=C/c2ccccn2)c1. The maximum Gasteiger partial charge on any atom is 0.119 e. The molecule has 0 aliphatic heterocycles. The van der Waals surface area contributed by atoms with Gasteiger partial charge in [-0.3, -0.25) is 4.98 Å². The number of ether oxygens (including phenoxy) is 1. The first-order valence-electron chi connectivity index (χ1n) is 7.37. The number of halogens is 1. The van der Waals surface area contributed by atoms with Crippen molar-refractivity contribution in [1.29, 1.82) is 0 Å². The van der Waals surface area contributed by atoms with Crippen LogP contribution >= 0.6 is 11.6 Å². The summed E-state index contributed by atoms with van der Waals surface area (Å²) in [6.07, 6.45) is 5.76. The second-order valence-electron chi connectivity index (χ2n) is 5.03. The Balaban J connectivity index is 1.79. The molecule has 2 aromatic carbocycles. The molecular formula is C20H16ClNO. The quantitative estimate of drug-likeness (QED) is 0.620. The molecule has 0 N–H and O–H groups in total. The number of nitrogens with zero attached hydrogens (tertiary/aromatic N) is 1. The van der Waals surface area contributed by atoms with Crippen molar-refractivity contribution in [3.63, 3.8) is 0 Å². The van der Waals surface area contributed by atoms with E-state index in [1.807, 2.05) is 78.9 Å². The molecule has 0 saturated heterocycles. The highest BCUT2D eigenvalue weighted by Crippen LogP contribution is 2.20.